The van der Waals surface area contributed by atoms with Gasteiger partial charge in [0.15, 0.2) is 0 Å². The van der Waals surface area contributed by atoms with E-state index in [1.807, 2.05) is 12.1 Å². The van der Waals surface area contributed by atoms with E-state index in [1.54, 1.807) is 23.1 Å². The number of thiocarbonyl (C=S) groups is 1. The van der Waals surface area contributed by atoms with Crippen LogP contribution < -0.4 is 10.4 Å². The lowest BCUT2D eigenvalue weighted by molar-refractivity contribution is 0.0706. The van der Waals surface area contributed by atoms with Crippen molar-refractivity contribution < 1.29 is 10.0 Å². The van der Waals surface area contributed by atoms with E-state index < -0.39 is 5.91 Å². The van der Waals surface area contributed by atoms with E-state index >= 15 is 0 Å². The van der Waals surface area contributed by atoms with Gasteiger partial charge in [-0.15, -0.1) is 0 Å². The smallest absolute Gasteiger partial charge is 0.274 e. The molecule has 1 aliphatic heterocycles. The maximum Gasteiger partial charge on any atom is 0.274 e. The first-order valence-corrected chi connectivity index (χ1v) is 10.1. The summed E-state index contributed by atoms with van der Waals surface area (Å²) in [6.07, 6.45) is 1.01. The third-order valence-electron chi connectivity index (χ3n) is 5.27. The summed E-state index contributed by atoms with van der Waals surface area (Å²) < 4.78 is 0. The number of nitrogens with zero attached hydrogens (tertiary/aromatic N) is 2. The number of amides is 1. The minimum atomic E-state index is -0.501. The predicted molar refractivity (Wildman–Crippen MR) is 116 cm³/mol. The summed E-state index contributed by atoms with van der Waals surface area (Å²) in [6.45, 7) is 7.06. The normalized spacial score (nSPS) is 19.8. The molecule has 2 N–H and O–H groups in total. The quantitative estimate of drug-likeness (QED) is 0.469. The lowest BCUT2D eigenvalue weighted by atomic mass is 9.98. The molecule has 0 aromatic heterocycles. The molecule has 0 radical (unpaired) electrons. The van der Waals surface area contributed by atoms with Crippen molar-refractivity contribution in [3.05, 3.63) is 65.2 Å². The van der Waals surface area contributed by atoms with E-state index in [2.05, 4.69) is 47.9 Å². The van der Waals surface area contributed by atoms with E-state index in [0.29, 0.717) is 11.5 Å². The fourth-order valence-corrected chi connectivity index (χ4v) is 4.08. The number of hydroxylamine groups is 1. The number of carbonyl (C=O) groups excluding carboxylic acids is 1. The van der Waals surface area contributed by atoms with Crippen molar-refractivity contribution in [2.24, 2.45) is 5.92 Å². The Bertz CT molecular complexity index is 825. The molecule has 2 aromatic carbocycles. The molecule has 0 bridgehead atoms. The van der Waals surface area contributed by atoms with Crippen molar-refractivity contribution in [1.82, 2.24) is 10.4 Å². The lowest BCUT2D eigenvalue weighted by Crippen LogP contribution is -2.42. The summed E-state index contributed by atoms with van der Waals surface area (Å²) in [5, 5.41) is 8.79. The molecule has 2 aromatic rings. The van der Waals surface area contributed by atoms with Gasteiger partial charge in [0.25, 0.3) is 5.91 Å². The number of fused-ring (bicyclic) bond motifs is 1. The average Bonchev–Trinajstić information content (AvgIpc) is 2.75. The number of anilines is 1. The number of benzene rings is 2. The van der Waals surface area contributed by atoms with Crippen molar-refractivity contribution in [1.29, 1.82) is 0 Å². The Morgan fingerprint density at radius 2 is 1.89 bits per heavy atom. The molecule has 0 aliphatic carbocycles. The van der Waals surface area contributed by atoms with Gasteiger partial charge in [0.1, 0.15) is 0 Å². The molecule has 3 rings (SSSR count). The van der Waals surface area contributed by atoms with Gasteiger partial charge in [0, 0.05) is 36.9 Å². The van der Waals surface area contributed by atoms with Crippen LogP contribution >= 0.6 is 12.2 Å². The number of carbonyl (C=O) groups is 1. The first kappa shape index (κ1) is 20.3. The Hall–Kier alpha value is -2.44. The van der Waals surface area contributed by atoms with Crippen LogP contribution in [0.4, 0.5) is 5.69 Å². The molecule has 0 saturated heterocycles. The van der Waals surface area contributed by atoms with Crippen LogP contribution in [-0.4, -0.2) is 40.6 Å². The third-order valence-corrected chi connectivity index (χ3v) is 5.56. The fourth-order valence-electron chi connectivity index (χ4n) is 3.90. The highest BCUT2D eigenvalue weighted by Crippen LogP contribution is 2.29. The standard InChI is InChI=1S/C22H27N3O2S/c1-16-11-20-5-3-4-6-21(20)25(17(2)13-24(12-16)15-28)14-18-7-9-19(10-8-18)22(26)23-27/h3-10,15-17,27H,11-14H2,1-2H3,(H,23,26). The Labute approximate surface area is 171 Å². The second-order valence-electron chi connectivity index (χ2n) is 7.61. The highest BCUT2D eigenvalue weighted by Gasteiger charge is 2.23. The van der Waals surface area contributed by atoms with Gasteiger partial charge in [-0.1, -0.05) is 49.5 Å². The zero-order valence-corrected chi connectivity index (χ0v) is 17.2. The van der Waals surface area contributed by atoms with Crippen LogP contribution in [0.3, 0.4) is 0 Å². The number of nitrogens with one attached hydrogen (secondary N) is 1. The van der Waals surface area contributed by atoms with Gasteiger partial charge >= 0.3 is 0 Å². The van der Waals surface area contributed by atoms with Crippen molar-refractivity contribution >= 4 is 29.3 Å². The number of rotatable bonds is 4. The molecule has 2 unspecified atom stereocenters. The first-order valence-electron chi connectivity index (χ1n) is 9.59. The predicted octanol–water partition coefficient (Wildman–Crippen LogP) is 3.65. The maximum absolute atomic E-state index is 11.6. The molecule has 5 nitrogen and oxygen atoms in total. The number of hydrogen-bond acceptors (Lipinski definition) is 4. The van der Waals surface area contributed by atoms with E-state index in [4.69, 9.17) is 17.4 Å². The molecule has 148 valence electrons. The van der Waals surface area contributed by atoms with Crippen molar-refractivity contribution in [2.45, 2.75) is 32.9 Å². The average molecular weight is 398 g/mol. The van der Waals surface area contributed by atoms with E-state index in [9.17, 15) is 4.79 Å². The Kier molecular flexibility index (Phi) is 6.65. The lowest BCUT2D eigenvalue weighted by Gasteiger charge is -2.34. The SMILES string of the molecule is CC1Cc2ccccc2N(Cc2ccc(C(=O)NO)cc2)C(C)CN(C=S)C1. The van der Waals surface area contributed by atoms with Crippen molar-refractivity contribution in [2.75, 3.05) is 18.0 Å². The van der Waals surface area contributed by atoms with Crippen LogP contribution in [0.25, 0.3) is 0 Å². The first-order chi connectivity index (χ1) is 13.5. The van der Waals surface area contributed by atoms with Gasteiger partial charge < -0.3 is 9.80 Å². The zero-order valence-electron chi connectivity index (χ0n) is 16.3. The molecule has 1 amide bonds. The van der Waals surface area contributed by atoms with Gasteiger partial charge in [-0.2, -0.15) is 0 Å². The zero-order chi connectivity index (χ0) is 20.1. The van der Waals surface area contributed by atoms with E-state index in [1.165, 1.54) is 11.3 Å². The maximum atomic E-state index is 11.6. The number of para-hydroxylation sites is 1. The summed E-state index contributed by atoms with van der Waals surface area (Å²) >= 11 is 5.26. The Morgan fingerprint density at radius 3 is 2.57 bits per heavy atom. The highest BCUT2D eigenvalue weighted by molar-refractivity contribution is 7.78. The minimum absolute atomic E-state index is 0.270. The van der Waals surface area contributed by atoms with E-state index in [0.717, 1.165) is 31.6 Å². The third kappa shape index (κ3) is 4.69. The summed E-state index contributed by atoms with van der Waals surface area (Å²) in [4.78, 5) is 16.2. The van der Waals surface area contributed by atoms with Crippen molar-refractivity contribution in [3.63, 3.8) is 0 Å². The monoisotopic (exact) mass is 397 g/mol. The molecular formula is C22H27N3O2S. The molecular weight excluding hydrogens is 370 g/mol. The highest BCUT2D eigenvalue weighted by atomic mass is 32.1. The molecule has 0 saturated carbocycles. The minimum Gasteiger partial charge on any atom is -0.366 e. The van der Waals surface area contributed by atoms with Crippen LogP contribution in [0.1, 0.15) is 35.3 Å². The van der Waals surface area contributed by atoms with Crippen LogP contribution in [0.15, 0.2) is 48.5 Å². The van der Waals surface area contributed by atoms with Gasteiger partial charge in [0.05, 0.1) is 5.49 Å². The molecule has 0 spiro atoms. The van der Waals surface area contributed by atoms with Gasteiger partial charge in [-0.3, -0.25) is 10.0 Å². The molecule has 28 heavy (non-hydrogen) atoms. The van der Waals surface area contributed by atoms with Crippen LogP contribution in [0.5, 0.6) is 0 Å². The fraction of sp³-hybridized carbons (Fsp3) is 0.364. The van der Waals surface area contributed by atoms with Crippen LogP contribution in [0, 0.1) is 5.92 Å². The second kappa shape index (κ2) is 9.17. The van der Waals surface area contributed by atoms with Crippen LogP contribution in [0.2, 0.25) is 0 Å². The largest absolute Gasteiger partial charge is 0.366 e. The summed E-state index contributed by atoms with van der Waals surface area (Å²) in [6, 6.07) is 16.2. The molecule has 2 atom stereocenters. The molecule has 0 fully saturated rings. The van der Waals surface area contributed by atoms with Crippen molar-refractivity contribution in [3.8, 4) is 0 Å². The Morgan fingerprint density at radius 1 is 1.18 bits per heavy atom. The number of hydrogen-bond donors (Lipinski definition) is 2. The van der Waals surface area contributed by atoms with Gasteiger partial charge in [-0.25, -0.2) is 5.48 Å². The van der Waals surface area contributed by atoms with E-state index in [-0.39, 0.29) is 6.04 Å². The topological polar surface area (TPSA) is 55.8 Å². The van der Waals surface area contributed by atoms with Gasteiger partial charge in [-0.05, 0) is 48.6 Å². The molecule has 1 aliphatic rings. The van der Waals surface area contributed by atoms with Gasteiger partial charge in [0.2, 0.25) is 0 Å². The second-order valence-corrected chi connectivity index (χ2v) is 7.82. The van der Waals surface area contributed by atoms with Crippen LogP contribution in [-0.2, 0) is 13.0 Å². The summed E-state index contributed by atoms with van der Waals surface area (Å²) in [5.41, 5.74) is 7.60. The molecule has 1 heterocycles. The summed E-state index contributed by atoms with van der Waals surface area (Å²) in [7, 11) is 0. The molecule has 6 heteroatoms. The Balaban J connectivity index is 1.92. The summed E-state index contributed by atoms with van der Waals surface area (Å²) in [5.74, 6) is 0.0161.